The maximum atomic E-state index is 5.75. The molecule has 0 fully saturated rings. The van der Waals surface area contributed by atoms with E-state index in [1.54, 1.807) is 17.7 Å². The molecule has 2 heterocycles. The van der Waals surface area contributed by atoms with Gasteiger partial charge in [0.15, 0.2) is 0 Å². The molecule has 96 valence electrons. The molecule has 2 aromatic heterocycles. The van der Waals surface area contributed by atoms with Gasteiger partial charge < -0.3 is 11.1 Å². The van der Waals surface area contributed by atoms with E-state index in [-0.39, 0.29) is 0 Å². The molecule has 0 amide bonds. The summed E-state index contributed by atoms with van der Waals surface area (Å²) >= 11 is 1.61. The number of benzene rings is 1. The second-order valence-electron chi connectivity index (χ2n) is 4.16. The summed E-state index contributed by atoms with van der Waals surface area (Å²) in [4.78, 5) is 12.7. The minimum absolute atomic E-state index is 0.708. The highest BCUT2D eigenvalue weighted by Crippen LogP contribution is 2.21. The molecule has 0 bridgehead atoms. The monoisotopic (exact) mass is 271 g/mol. The number of hydrogen-bond donors (Lipinski definition) is 2. The zero-order valence-electron chi connectivity index (χ0n) is 10.2. The van der Waals surface area contributed by atoms with Crippen LogP contribution in [0.2, 0.25) is 0 Å². The van der Waals surface area contributed by atoms with Crippen LogP contribution >= 0.6 is 11.3 Å². The van der Waals surface area contributed by atoms with Crippen molar-refractivity contribution in [3.8, 4) is 0 Å². The molecule has 0 unspecified atom stereocenters. The number of nitrogens with two attached hydrogens (primary N) is 1. The molecule has 0 aliphatic carbocycles. The van der Waals surface area contributed by atoms with Crippen molar-refractivity contribution < 1.29 is 0 Å². The maximum Gasteiger partial charge on any atom is 0.137 e. The van der Waals surface area contributed by atoms with E-state index in [0.717, 1.165) is 35.4 Å². The smallest absolute Gasteiger partial charge is 0.137 e. The van der Waals surface area contributed by atoms with Crippen LogP contribution in [0.5, 0.6) is 0 Å². The number of fused-ring (bicyclic) bond motifs is 1. The third-order valence-corrected chi connectivity index (χ3v) is 3.45. The summed E-state index contributed by atoms with van der Waals surface area (Å²) in [6, 6.07) is 5.65. The van der Waals surface area contributed by atoms with Crippen molar-refractivity contribution in [3.63, 3.8) is 0 Å². The minimum Gasteiger partial charge on any atom is -0.399 e. The van der Waals surface area contributed by atoms with E-state index in [9.17, 15) is 0 Å². The van der Waals surface area contributed by atoms with Gasteiger partial charge in [0.25, 0.3) is 0 Å². The van der Waals surface area contributed by atoms with Gasteiger partial charge in [-0.3, -0.25) is 0 Å². The second kappa shape index (κ2) is 5.19. The van der Waals surface area contributed by atoms with E-state index >= 15 is 0 Å². The van der Waals surface area contributed by atoms with Gasteiger partial charge in [0.05, 0.1) is 16.7 Å². The van der Waals surface area contributed by atoms with E-state index in [1.165, 1.54) is 0 Å². The molecule has 0 radical (unpaired) electrons. The van der Waals surface area contributed by atoms with Crippen molar-refractivity contribution in [1.29, 1.82) is 0 Å². The van der Waals surface area contributed by atoms with Crippen LogP contribution in [0.3, 0.4) is 0 Å². The summed E-state index contributed by atoms with van der Waals surface area (Å²) in [5, 5.41) is 6.36. The van der Waals surface area contributed by atoms with Crippen LogP contribution in [0.15, 0.2) is 35.4 Å². The molecule has 0 aliphatic heterocycles. The highest BCUT2D eigenvalue weighted by Gasteiger charge is 2.03. The highest BCUT2D eigenvalue weighted by atomic mass is 32.1. The first-order valence-electron chi connectivity index (χ1n) is 5.94. The number of thiazole rings is 1. The summed E-state index contributed by atoms with van der Waals surface area (Å²) in [5.74, 6) is 0.834. The van der Waals surface area contributed by atoms with Crippen LogP contribution in [-0.4, -0.2) is 21.5 Å². The Balaban J connectivity index is 1.77. The predicted octanol–water partition coefficient (Wildman–Crippen LogP) is 2.32. The Morgan fingerprint density at radius 3 is 3.00 bits per heavy atom. The van der Waals surface area contributed by atoms with Crippen LogP contribution in [-0.2, 0) is 6.42 Å². The van der Waals surface area contributed by atoms with Crippen molar-refractivity contribution in [1.82, 2.24) is 15.0 Å². The molecular weight excluding hydrogens is 258 g/mol. The van der Waals surface area contributed by atoms with Gasteiger partial charge in [-0.1, -0.05) is 0 Å². The molecule has 0 aliphatic rings. The van der Waals surface area contributed by atoms with Crippen molar-refractivity contribution in [3.05, 3.63) is 41.1 Å². The summed E-state index contributed by atoms with van der Waals surface area (Å²) < 4.78 is 0. The lowest BCUT2D eigenvalue weighted by Gasteiger charge is -2.07. The first kappa shape index (κ1) is 11.9. The van der Waals surface area contributed by atoms with Gasteiger partial charge in [-0.15, -0.1) is 11.3 Å². The quantitative estimate of drug-likeness (QED) is 0.712. The van der Waals surface area contributed by atoms with Crippen LogP contribution in [0.1, 0.15) is 5.69 Å². The zero-order valence-corrected chi connectivity index (χ0v) is 11.0. The number of nitrogens with zero attached hydrogens (tertiary/aromatic N) is 3. The van der Waals surface area contributed by atoms with Crippen LogP contribution in [0.4, 0.5) is 11.5 Å². The largest absolute Gasteiger partial charge is 0.399 e. The molecule has 5 nitrogen and oxygen atoms in total. The molecular formula is C13H13N5S. The van der Waals surface area contributed by atoms with Crippen molar-refractivity contribution in [2.75, 3.05) is 17.6 Å². The number of hydrogen-bond acceptors (Lipinski definition) is 6. The van der Waals surface area contributed by atoms with E-state index < -0.39 is 0 Å². The lowest BCUT2D eigenvalue weighted by atomic mass is 10.2. The summed E-state index contributed by atoms with van der Waals surface area (Å²) in [6.45, 7) is 0.792. The fourth-order valence-electron chi connectivity index (χ4n) is 1.88. The van der Waals surface area contributed by atoms with Crippen molar-refractivity contribution in [2.24, 2.45) is 0 Å². The van der Waals surface area contributed by atoms with Crippen LogP contribution in [0, 0.1) is 0 Å². The molecule has 0 atom stereocenters. The highest BCUT2D eigenvalue weighted by molar-refractivity contribution is 7.07. The number of nitrogen functional groups attached to an aromatic ring is 1. The third-order valence-electron chi connectivity index (χ3n) is 2.82. The molecule has 0 saturated heterocycles. The molecule has 1 aromatic carbocycles. The Morgan fingerprint density at radius 2 is 2.16 bits per heavy atom. The molecule has 0 spiro atoms. The molecule has 19 heavy (non-hydrogen) atoms. The van der Waals surface area contributed by atoms with Gasteiger partial charge in [0.1, 0.15) is 12.1 Å². The standard InChI is InChI=1S/C13H13N5S/c14-9-1-2-11-12(5-9)16-7-17-13(11)15-4-3-10-6-19-8-18-10/h1-2,5-8H,3-4,14H2,(H,15,16,17). The topological polar surface area (TPSA) is 76.7 Å². The number of anilines is 2. The normalized spacial score (nSPS) is 10.7. The van der Waals surface area contributed by atoms with Crippen molar-refractivity contribution in [2.45, 2.75) is 6.42 Å². The Kier molecular flexibility index (Phi) is 3.24. The van der Waals surface area contributed by atoms with Crippen LogP contribution in [0.25, 0.3) is 10.9 Å². The molecule has 3 N–H and O–H groups in total. The van der Waals surface area contributed by atoms with Gasteiger partial charge in [-0.05, 0) is 18.2 Å². The van der Waals surface area contributed by atoms with E-state index in [1.807, 2.05) is 23.7 Å². The third kappa shape index (κ3) is 2.63. The fourth-order valence-corrected chi connectivity index (χ4v) is 2.48. The maximum absolute atomic E-state index is 5.75. The Hall–Kier alpha value is -2.21. The summed E-state index contributed by atoms with van der Waals surface area (Å²) in [7, 11) is 0. The average Bonchev–Trinajstić information content (AvgIpc) is 2.92. The fraction of sp³-hybridized carbons (Fsp3) is 0.154. The minimum atomic E-state index is 0.708. The van der Waals surface area contributed by atoms with E-state index in [2.05, 4.69) is 25.6 Å². The SMILES string of the molecule is Nc1ccc2c(NCCc3cscn3)ncnc2c1. The van der Waals surface area contributed by atoms with Gasteiger partial charge in [-0.25, -0.2) is 15.0 Å². The van der Waals surface area contributed by atoms with Gasteiger partial charge in [0.2, 0.25) is 0 Å². The summed E-state index contributed by atoms with van der Waals surface area (Å²) in [5.41, 5.74) is 10.3. The summed E-state index contributed by atoms with van der Waals surface area (Å²) in [6.07, 6.45) is 2.43. The second-order valence-corrected chi connectivity index (χ2v) is 4.87. The lowest BCUT2D eigenvalue weighted by Crippen LogP contribution is -2.07. The predicted molar refractivity (Wildman–Crippen MR) is 78.3 cm³/mol. The van der Waals surface area contributed by atoms with Gasteiger partial charge >= 0.3 is 0 Å². The molecule has 0 saturated carbocycles. The lowest BCUT2D eigenvalue weighted by molar-refractivity contribution is 0.968. The van der Waals surface area contributed by atoms with E-state index in [4.69, 9.17) is 5.73 Å². The Morgan fingerprint density at radius 1 is 1.21 bits per heavy atom. The average molecular weight is 271 g/mol. The van der Waals surface area contributed by atoms with Gasteiger partial charge in [0, 0.05) is 29.4 Å². The number of aromatic nitrogens is 3. The zero-order chi connectivity index (χ0) is 13.1. The molecule has 3 rings (SSSR count). The Bertz CT molecular complexity index is 681. The number of rotatable bonds is 4. The first-order chi connectivity index (χ1) is 9.33. The molecule has 6 heteroatoms. The van der Waals surface area contributed by atoms with Crippen molar-refractivity contribution >= 4 is 33.7 Å². The first-order valence-corrected chi connectivity index (χ1v) is 6.88. The van der Waals surface area contributed by atoms with Crippen LogP contribution < -0.4 is 11.1 Å². The number of nitrogens with one attached hydrogen (secondary N) is 1. The molecule has 3 aromatic rings. The van der Waals surface area contributed by atoms with E-state index in [0.29, 0.717) is 5.69 Å². The van der Waals surface area contributed by atoms with Gasteiger partial charge in [-0.2, -0.15) is 0 Å². The Labute approximate surface area is 114 Å².